The van der Waals surface area contributed by atoms with E-state index >= 15 is 0 Å². The van der Waals surface area contributed by atoms with E-state index in [0.29, 0.717) is 19.5 Å². The first kappa shape index (κ1) is 13.2. The first-order valence-corrected chi connectivity index (χ1v) is 5.70. The molecule has 16 heavy (non-hydrogen) atoms. The van der Waals surface area contributed by atoms with Gasteiger partial charge in [-0.05, 0) is 27.2 Å². The molecule has 1 aliphatic rings. The van der Waals surface area contributed by atoms with Crippen molar-refractivity contribution in [3.8, 4) is 0 Å². The second-order valence-corrected chi connectivity index (χ2v) is 5.01. The number of rotatable bonds is 2. The number of amides is 1. The minimum absolute atomic E-state index is 0.0893. The number of halogens is 1. The molecule has 0 aromatic carbocycles. The maximum atomic E-state index is 12.3. The first-order valence-electron chi connectivity index (χ1n) is 5.70. The minimum Gasteiger partial charge on any atom is -0.444 e. The first-order chi connectivity index (χ1) is 7.44. The smallest absolute Gasteiger partial charge is 0.410 e. The number of nitrogens with one attached hydrogen (secondary N) is 1. The fraction of sp³-hybridized carbons (Fsp3) is 0.909. The van der Waals surface area contributed by atoms with E-state index < -0.39 is 12.3 Å². The summed E-state index contributed by atoms with van der Waals surface area (Å²) in [5.41, 5.74) is -0.498. The molecule has 1 aliphatic heterocycles. The highest BCUT2D eigenvalue weighted by Crippen LogP contribution is 2.14. The topological polar surface area (TPSA) is 41.6 Å². The van der Waals surface area contributed by atoms with Crippen molar-refractivity contribution in [2.75, 3.05) is 26.3 Å². The Morgan fingerprint density at radius 1 is 1.56 bits per heavy atom. The molecule has 0 bridgehead atoms. The molecule has 4 nitrogen and oxygen atoms in total. The number of hydrogen-bond acceptors (Lipinski definition) is 3. The number of hydrogen-bond donors (Lipinski definition) is 1. The molecule has 0 aliphatic carbocycles. The Kier molecular flexibility index (Phi) is 4.53. The van der Waals surface area contributed by atoms with Gasteiger partial charge in [-0.1, -0.05) is 0 Å². The number of nitrogens with zero attached hydrogens (tertiary/aromatic N) is 1. The van der Waals surface area contributed by atoms with Crippen molar-refractivity contribution in [1.29, 1.82) is 0 Å². The second-order valence-electron chi connectivity index (χ2n) is 5.01. The summed E-state index contributed by atoms with van der Waals surface area (Å²) in [4.78, 5) is 13.5. The van der Waals surface area contributed by atoms with Gasteiger partial charge < -0.3 is 15.0 Å². The third-order valence-corrected chi connectivity index (χ3v) is 2.42. The van der Waals surface area contributed by atoms with E-state index in [1.807, 2.05) is 20.8 Å². The third-order valence-electron chi connectivity index (χ3n) is 2.42. The maximum absolute atomic E-state index is 12.3. The molecule has 1 heterocycles. The number of carbonyl (C=O) groups is 1. The van der Waals surface area contributed by atoms with Gasteiger partial charge in [-0.25, -0.2) is 4.79 Å². The molecule has 0 aromatic heterocycles. The Balaban J connectivity index is 2.57. The van der Waals surface area contributed by atoms with Gasteiger partial charge in [0.2, 0.25) is 0 Å². The van der Waals surface area contributed by atoms with Crippen LogP contribution >= 0.6 is 0 Å². The lowest BCUT2D eigenvalue weighted by Crippen LogP contribution is -2.54. The Morgan fingerprint density at radius 3 is 2.81 bits per heavy atom. The Bertz CT molecular complexity index is 239. The molecule has 0 unspecified atom stereocenters. The average Bonchev–Trinajstić information content (AvgIpc) is 2.16. The summed E-state index contributed by atoms with van der Waals surface area (Å²) in [6.07, 6.45) is 0.0270. The number of piperazine rings is 1. The van der Waals surface area contributed by atoms with Gasteiger partial charge in [-0.15, -0.1) is 0 Å². The quantitative estimate of drug-likeness (QED) is 0.785. The highest BCUT2D eigenvalue weighted by Gasteiger charge is 2.29. The molecule has 5 heteroatoms. The van der Waals surface area contributed by atoms with Crippen LogP contribution in [0.3, 0.4) is 0 Å². The van der Waals surface area contributed by atoms with Crippen LogP contribution in [0.25, 0.3) is 0 Å². The van der Waals surface area contributed by atoms with Crippen LogP contribution in [0, 0.1) is 0 Å². The Morgan fingerprint density at radius 2 is 2.25 bits per heavy atom. The summed E-state index contributed by atoms with van der Waals surface area (Å²) in [7, 11) is 0. The molecule has 1 N–H and O–H groups in total. The fourth-order valence-electron chi connectivity index (χ4n) is 1.71. The van der Waals surface area contributed by atoms with Crippen LogP contribution in [-0.2, 0) is 4.74 Å². The normalized spacial score (nSPS) is 22.0. The van der Waals surface area contributed by atoms with Crippen molar-refractivity contribution in [2.45, 2.75) is 38.8 Å². The molecule has 1 fully saturated rings. The lowest BCUT2D eigenvalue weighted by Gasteiger charge is -2.36. The highest BCUT2D eigenvalue weighted by atomic mass is 19.1. The Hall–Kier alpha value is -0.840. The van der Waals surface area contributed by atoms with Crippen molar-refractivity contribution in [3.05, 3.63) is 0 Å². The van der Waals surface area contributed by atoms with Gasteiger partial charge in [0.05, 0.1) is 12.7 Å². The molecule has 0 saturated carbocycles. The maximum Gasteiger partial charge on any atom is 0.410 e. The van der Waals surface area contributed by atoms with Crippen LogP contribution in [0.2, 0.25) is 0 Å². The standard InChI is InChI=1S/C11H21FN2O2/c1-11(2,3)16-10(15)14-7-6-13-8-9(14)4-5-12/h9,13H,4-8H2,1-3H3/t9-/m0/s1. The van der Waals surface area contributed by atoms with E-state index in [9.17, 15) is 9.18 Å². The molecule has 0 radical (unpaired) electrons. The van der Waals surface area contributed by atoms with Crippen LogP contribution in [0.1, 0.15) is 27.2 Å². The van der Waals surface area contributed by atoms with Crippen LogP contribution < -0.4 is 5.32 Å². The van der Waals surface area contributed by atoms with Crippen molar-refractivity contribution >= 4 is 6.09 Å². The van der Waals surface area contributed by atoms with Crippen LogP contribution in [0.15, 0.2) is 0 Å². The molecular formula is C11H21FN2O2. The van der Waals surface area contributed by atoms with E-state index in [1.54, 1.807) is 4.90 Å². The highest BCUT2D eigenvalue weighted by molar-refractivity contribution is 5.68. The summed E-state index contributed by atoms with van der Waals surface area (Å²) in [5.74, 6) is 0. The largest absolute Gasteiger partial charge is 0.444 e. The van der Waals surface area contributed by atoms with Gasteiger partial charge in [0.15, 0.2) is 0 Å². The van der Waals surface area contributed by atoms with Crippen LogP contribution in [0.4, 0.5) is 9.18 Å². The van der Waals surface area contributed by atoms with Crippen LogP contribution in [0.5, 0.6) is 0 Å². The SMILES string of the molecule is CC(C)(C)OC(=O)N1CCNC[C@@H]1CCF. The van der Waals surface area contributed by atoms with Gasteiger partial charge in [0.25, 0.3) is 0 Å². The lowest BCUT2D eigenvalue weighted by atomic mass is 10.1. The molecule has 1 saturated heterocycles. The minimum atomic E-state index is -0.498. The zero-order chi connectivity index (χ0) is 12.2. The van der Waals surface area contributed by atoms with Crippen molar-refractivity contribution in [2.24, 2.45) is 0 Å². The van der Waals surface area contributed by atoms with E-state index in [4.69, 9.17) is 4.74 Å². The zero-order valence-electron chi connectivity index (χ0n) is 10.3. The summed E-state index contributed by atoms with van der Waals surface area (Å²) >= 11 is 0. The van der Waals surface area contributed by atoms with E-state index in [0.717, 1.165) is 6.54 Å². The fourth-order valence-corrected chi connectivity index (χ4v) is 1.71. The molecule has 94 valence electrons. The van der Waals surface area contributed by atoms with E-state index in [1.165, 1.54) is 0 Å². The second kappa shape index (κ2) is 5.48. The predicted molar refractivity (Wildman–Crippen MR) is 60.2 cm³/mol. The molecular weight excluding hydrogens is 211 g/mol. The summed E-state index contributed by atoms with van der Waals surface area (Å²) in [5, 5.41) is 3.15. The molecule has 0 aromatic rings. The van der Waals surface area contributed by atoms with Crippen LogP contribution in [-0.4, -0.2) is 48.9 Å². The summed E-state index contributed by atoms with van der Waals surface area (Å²) < 4.78 is 17.6. The third kappa shape index (κ3) is 3.96. The van der Waals surface area contributed by atoms with Crippen molar-refractivity contribution < 1.29 is 13.9 Å². The number of alkyl halides is 1. The Labute approximate surface area is 96.1 Å². The summed E-state index contributed by atoms with van der Waals surface area (Å²) in [6, 6.07) is -0.0893. The van der Waals surface area contributed by atoms with Gasteiger partial charge >= 0.3 is 6.09 Å². The number of carbonyl (C=O) groups excluding carboxylic acids is 1. The molecule has 0 spiro atoms. The molecule has 1 atom stereocenters. The van der Waals surface area contributed by atoms with Gasteiger partial charge in [0, 0.05) is 19.6 Å². The lowest BCUT2D eigenvalue weighted by molar-refractivity contribution is 0.0106. The molecule has 1 amide bonds. The summed E-state index contributed by atoms with van der Waals surface area (Å²) in [6.45, 7) is 7.04. The number of ether oxygens (including phenoxy) is 1. The van der Waals surface area contributed by atoms with E-state index in [-0.39, 0.29) is 12.1 Å². The monoisotopic (exact) mass is 232 g/mol. The predicted octanol–water partition coefficient (Wildman–Crippen LogP) is 1.55. The zero-order valence-corrected chi connectivity index (χ0v) is 10.3. The van der Waals surface area contributed by atoms with E-state index in [2.05, 4.69) is 5.32 Å². The van der Waals surface area contributed by atoms with Gasteiger partial charge in [-0.3, -0.25) is 4.39 Å². The van der Waals surface area contributed by atoms with Crippen molar-refractivity contribution in [1.82, 2.24) is 10.2 Å². The van der Waals surface area contributed by atoms with Crippen molar-refractivity contribution in [3.63, 3.8) is 0 Å². The van der Waals surface area contributed by atoms with Gasteiger partial charge in [0.1, 0.15) is 5.60 Å². The average molecular weight is 232 g/mol. The molecule has 1 rings (SSSR count). The van der Waals surface area contributed by atoms with Gasteiger partial charge in [-0.2, -0.15) is 0 Å².